The number of aryl methyl sites for hydroxylation is 3. The lowest BCUT2D eigenvalue weighted by atomic mass is 10.1. The van der Waals surface area contributed by atoms with E-state index in [-0.39, 0.29) is 5.91 Å². The van der Waals surface area contributed by atoms with Crippen LogP contribution in [0.15, 0.2) is 22.7 Å². The van der Waals surface area contributed by atoms with Crippen molar-refractivity contribution in [3.05, 3.63) is 52.0 Å². The predicted octanol–water partition coefficient (Wildman–Crippen LogP) is 4.23. The lowest BCUT2D eigenvalue weighted by Gasteiger charge is -2.15. The fraction of sp³-hybridized carbons (Fsp3) is 0.400. The van der Waals surface area contributed by atoms with Crippen LogP contribution in [0.2, 0.25) is 0 Å². The summed E-state index contributed by atoms with van der Waals surface area (Å²) < 4.78 is 5.38. The van der Waals surface area contributed by atoms with Gasteiger partial charge in [0.25, 0.3) is 5.91 Å². The minimum absolute atomic E-state index is 0.0262. The summed E-state index contributed by atoms with van der Waals surface area (Å²) in [7, 11) is 1.80. The number of hydrogen-bond acceptors (Lipinski definition) is 3. The predicted molar refractivity (Wildman–Crippen MR) is 96.8 cm³/mol. The molecule has 0 atom stereocenters. The van der Waals surface area contributed by atoms with E-state index in [0.717, 1.165) is 33.5 Å². The number of benzene rings is 1. The molecule has 25 heavy (non-hydrogen) atoms. The first-order chi connectivity index (χ1) is 11.9. The van der Waals surface area contributed by atoms with Gasteiger partial charge in [-0.2, -0.15) is 0 Å². The molecule has 5 nitrogen and oxygen atoms in total. The monoisotopic (exact) mass is 337 g/mol. The summed E-state index contributed by atoms with van der Waals surface area (Å²) in [5, 5.41) is 5.22. The third kappa shape index (κ3) is 2.84. The number of fused-ring (bicyclic) bond motifs is 1. The second kappa shape index (κ2) is 5.76. The van der Waals surface area contributed by atoms with Crippen molar-refractivity contribution >= 4 is 16.8 Å². The van der Waals surface area contributed by atoms with Gasteiger partial charge in [0.15, 0.2) is 0 Å². The highest BCUT2D eigenvalue weighted by Gasteiger charge is 2.28. The highest BCUT2D eigenvalue weighted by molar-refractivity contribution is 6.01. The molecule has 2 heterocycles. The molecule has 1 amide bonds. The van der Waals surface area contributed by atoms with Crippen LogP contribution in [-0.4, -0.2) is 28.0 Å². The van der Waals surface area contributed by atoms with Crippen molar-refractivity contribution in [2.45, 2.75) is 46.1 Å². The Balaban J connectivity index is 1.59. The van der Waals surface area contributed by atoms with Gasteiger partial charge in [-0.25, -0.2) is 0 Å². The summed E-state index contributed by atoms with van der Waals surface area (Å²) in [4.78, 5) is 17.9. The van der Waals surface area contributed by atoms with Crippen LogP contribution in [-0.2, 0) is 6.54 Å². The lowest BCUT2D eigenvalue weighted by molar-refractivity contribution is 0.0776. The van der Waals surface area contributed by atoms with Crippen LogP contribution in [0.3, 0.4) is 0 Å². The van der Waals surface area contributed by atoms with Gasteiger partial charge in [0.1, 0.15) is 17.1 Å². The first-order valence-electron chi connectivity index (χ1n) is 8.74. The number of aromatic amines is 1. The highest BCUT2D eigenvalue weighted by Crippen LogP contribution is 2.40. The van der Waals surface area contributed by atoms with E-state index in [0.29, 0.717) is 18.2 Å². The summed E-state index contributed by atoms with van der Waals surface area (Å²) >= 11 is 0. The molecule has 0 unspecified atom stereocenters. The minimum atomic E-state index is -0.0262. The number of amides is 1. The molecule has 1 aromatic carbocycles. The van der Waals surface area contributed by atoms with Gasteiger partial charge in [0.2, 0.25) is 0 Å². The maximum Gasteiger partial charge on any atom is 0.270 e. The molecule has 1 fully saturated rings. The molecule has 3 aromatic rings. The molecule has 0 aliphatic heterocycles. The van der Waals surface area contributed by atoms with E-state index in [4.69, 9.17) is 4.52 Å². The van der Waals surface area contributed by atoms with E-state index >= 15 is 0 Å². The lowest BCUT2D eigenvalue weighted by Crippen LogP contribution is -2.27. The van der Waals surface area contributed by atoms with Gasteiger partial charge in [-0.1, -0.05) is 16.8 Å². The highest BCUT2D eigenvalue weighted by atomic mass is 16.5. The van der Waals surface area contributed by atoms with Gasteiger partial charge >= 0.3 is 0 Å². The molecule has 1 saturated carbocycles. The van der Waals surface area contributed by atoms with Gasteiger partial charge in [0.05, 0.1) is 6.54 Å². The molecule has 1 aliphatic carbocycles. The largest absolute Gasteiger partial charge is 0.361 e. The fourth-order valence-corrected chi connectivity index (χ4v) is 3.47. The van der Waals surface area contributed by atoms with Crippen molar-refractivity contribution in [1.82, 2.24) is 15.0 Å². The molecule has 0 saturated heterocycles. The van der Waals surface area contributed by atoms with Crippen molar-refractivity contribution in [1.29, 1.82) is 0 Å². The Hall–Kier alpha value is -2.56. The van der Waals surface area contributed by atoms with Crippen molar-refractivity contribution < 1.29 is 9.32 Å². The molecular formula is C20H23N3O2. The van der Waals surface area contributed by atoms with Gasteiger partial charge in [-0.15, -0.1) is 0 Å². The number of nitrogens with one attached hydrogen (secondary N) is 1. The number of rotatable bonds is 4. The molecule has 4 rings (SSSR count). The van der Waals surface area contributed by atoms with E-state index in [1.807, 2.05) is 13.0 Å². The average Bonchev–Trinajstić information content (AvgIpc) is 3.23. The van der Waals surface area contributed by atoms with Gasteiger partial charge in [0, 0.05) is 29.9 Å². The van der Waals surface area contributed by atoms with E-state index in [1.54, 1.807) is 11.9 Å². The Morgan fingerprint density at radius 2 is 2.04 bits per heavy atom. The van der Waals surface area contributed by atoms with Gasteiger partial charge in [-0.05, 0) is 50.8 Å². The van der Waals surface area contributed by atoms with Crippen LogP contribution in [0.1, 0.15) is 57.4 Å². The second-order valence-electron chi connectivity index (χ2n) is 7.29. The second-order valence-corrected chi connectivity index (χ2v) is 7.29. The van der Waals surface area contributed by atoms with Crippen molar-refractivity contribution in [2.24, 2.45) is 0 Å². The van der Waals surface area contributed by atoms with Crippen LogP contribution >= 0.6 is 0 Å². The van der Waals surface area contributed by atoms with Crippen LogP contribution < -0.4 is 0 Å². The van der Waals surface area contributed by atoms with Crippen molar-refractivity contribution in [3.63, 3.8) is 0 Å². The Labute approximate surface area is 147 Å². The number of carbonyl (C=O) groups excluding carboxylic acids is 1. The van der Waals surface area contributed by atoms with Gasteiger partial charge < -0.3 is 14.4 Å². The first-order valence-corrected chi connectivity index (χ1v) is 8.74. The molecular weight excluding hydrogens is 314 g/mol. The fourth-order valence-electron chi connectivity index (χ4n) is 3.47. The zero-order valence-electron chi connectivity index (χ0n) is 15.1. The Morgan fingerprint density at radius 3 is 2.76 bits per heavy atom. The third-order valence-corrected chi connectivity index (χ3v) is 5.03. The van der Waals surface area contributed by atoms with Crippen molar-refractivity contribution in [2.75, 3.05) is 7.05 Å². The number of nitrogens with zero attached hydrogens (tertiary/aromatic N) is 2. The minimum Gasteiger partial charge on any atom is -0.361 e. The Morgan fingerprint density at radius 1 is 1.28 bits per heavy atom. The number of aromatic nitrogens is 2. The molecule has 1 N–H and O–H groups in total. The summed E-state index contributed by atoms with van der Waals surface area (Å²) in [6.07, 6.45) is 2.35. The first kappa shape index (κ1) is 15.9. The van der Waals surface area contributed by atoms with Crippen LogP contribution in [0.4, 0.5) is 0 Å². The summed E-state index contributed by atoms with van der Waals surface area (Å²) in [5.74, 6) is 1.45. The standard InChI is InChI=1S/C20H23N3O2/c1-11-7-12(2)18-16(8-11)13(3)19(21-18)20(24)23(4)10-15-9-17(25-22-15)14-5-6-14/h7-9,14,21H,5-6,10H2,1-4H3. The smallest absolute Gasteiger partial charge is 0.270 e. The van der Waals surface area contributed by atoms with Gasteiger partial charge in [-0.3, -0.25) is 4.79 Å². The summed E-state index contributed by atoms with van der Waals surface area (Å²) in [6, 6.07) is 6.24. The van der Waals surface area contributed by atoms with Crippen LogP contribution in [0, 0.1) is 20.8 Å². The van der Waals surface area contributed by atoms with Crippen LogP contribution in [0.5, 0.6) is 0 Å². The quantitative estimate of drug-likeness (QED) is 0.775. The van der Waals surface area contributed by atoms with E-state index < -0.39 is 0 Å². The van der Waals surface area contributed by atoms with Crippen LogP contribution in [0.25, 0.3) is 10.9 Å². The number of hydrogen-bond donors (Lipinski definition) is 1. The average molecular weight is 337 g/mol. The maximum atomic E-state index is 12.9. The SMILES string of the molecule is Cc1cc(C)c2[nH]c(C(=O)N(C)Cc3cc(C4CC4)on3)c(C)c2c1. The molecule has 2 aromatic heterocycles. The topological polar surface area (TPSA) is 62.1 Å². The third-order valence-electron chi connectivity index (χ3n) is 5.03. The molecule has 0 radical (unpaired) electrons. The normalized spacial score (nSPS) is 14.2. The zero-order valence-corrected chi connectivity index (χ0v) is 15.1. The van der Waals surface area contributed by atoms with E-state index in [1.165, 1.54) is 18.4 Å². The maximum absolute atomic E-state index is 12.9. The Bertz CT molecular complexity index is 963. The van der Waals surface area contributed by atoms with E-state index in [9.17, 15) is 4.79 Å². The molecule has 0 spiro atoms. The molecule has 1 aliphatic rings. The summed E-state index contributed by atoms with van der Waals surface area (Å²) in [5.41, 5.74) is 5.85. The molecule has 130 valence electrons. The number of H-pyrrole nitrogens is 1. The molecule has 5 heteroatoms. The zero-order chi connectivity index (χ0) is 17.7. The van der Waals surface area contributed by atoms with E-state index in [2.05, 4.69) is 36.1 Å². The number of carbonyl (C=O) groups is 1. The summed E-state index contributed by atoms with van der Waals surface area (Å²) in [6.45, 7) is 6.59. The molecule has 0 bridgehead atoms. The van der Waals surface area contributed by atoms with Crippen molar-refractivity contribution in [3.8, 4) is 0 Å². The Kier molecular flexibility index (Phi) is 3.67.